The molecule has 18 N–H and O–H groups in total. The second-order valence-corrected chi connectivity index (χ2v) is 10.8. The summed E-state index contributed by atoms with van der Waals surface area (Å²) in [5.74, 6) is -6.58. The van der Waals surface area contributed by atoms with Crippen LogP contribution in [0.4, 0.5) is 4.79 Å². The van der Waals surface area contributed by atoms with E-state index in [0.717, 1.165) is 0 Å². The largest absolute Gasteiger partial charge is 0.394 e. The van der Waals surface area contributed by atoms with Gasteiger partial charge in [-0.1, -0.05) is 0 Å². The van der Waals surface area contributed by atoms with Crippen molar-refractivity contribution in [2.24, 2.45) is 32.9 Å². The average molecular weight is 686 g/mol. The van der Waals surface area contributed by atoms with Crippen molar-refractivity contribution >= 4 is 53.6 Å². The Labute approximate surface area is 273 Å². The van der Waals surface area contributed by atoms with Gasteiger partial charge in [-0.25, -0.2) is 14.8 Å². The summed E-state index contributed by atoms with van der Waals surface area (Å²) in [6.07, 6.45) is -0.380. The van der Waals surface area contributed by atoms with Crippen LogP contribution >= 0.6 is 0 Å². The third-order valence-electron chi connectivity index (χ3n) is 6.99. The molecule has 0 aromatic heterocycles. The zero-order valence-electron chi connectivity index (χ0n) is 25.8. The molecule has 0 radical (unpaired) electrons. The third-order valence-corrected chi connectivity index (χ3v) is 6.99. The lowest BCUT2D eigenvalue weighted by molar-refractivity contribution is -0.136. The van der Waals surface area contributed by atoms with Crippen LogP contribution in [0, 0.1) is 0 Å². The lowest BCUT2D eigenvalue weighted by atomic mass is 10.0. The van der Waals surface area contributed by atoms with E-state index in [-0.39, 0.29) is 18.8 Å². The van der Waals surface area contributed by atoms with E-state index < -0.39 is 110 Å². The van der Waals surface area contributed by atoms with Crippen molar-refractivity contribution in [3.63, 3.8) is 0 Å². The van der Waals surface area contributed by atoms with Crippen molar-refractivity contribution in [3.8, 4) is 0 Å². The predicted octanol–water partition coefficient (Wildman–Crippen LogP) is -8.87. The van der Waals surface area contributed by atoms with Gasteiger partial charge in [0.15, 0.2) is 12.2 Å². The van der Waals surface area contributed by atoms with Gasteiger partial charge in [0.05, 0.1) is 19.3 Å². The standard InChI is InChI=1S/C25H43N13O10/c26-3-1-2-10(27)4-16(41)32-12-6-30-23(47)18(11-5-17(42)37-24(28)36-11)38-20(44)13(7-31-25(29)48)33-21(45)14(8-39)35-22(46)15(9-40)34-19(12)43/h7,10-15,17-18,39-40,42H,1-6,8-9,26-27H2,(H2,29,48)(H,30,47)(H,32,41)(H,33,45)(H,34,43)(H,35,46)(H,38,44)(H3,28,36,37)/t10-,11+,12?,13?,14-,15-,17-,18-/m0/s1. The highest BCUT2D eigenvalue weighted by molar-refractivity contribution is 6.05. The summed E-state index contributed by atoms with van der Waals surface area (Å²) < 4.78 is 0. The quantitative estimate of drug-likeness (QED) is 0.0950. The van der Waals surface area contributed by atoms with Gasteiger partial charge < -0.3 is 75.5 Å². The van der Waals surface area contributed by atoms with Crippen molar-refractivity contribution < 1.29 is 48.9 Å². The number of nitrogens with zero attached hydrogens (tertiary/aromatic N) is 2. The molecule has 0 aromatic rings. The van der Waals surface area contributed by atoms with Crippen molar-refractivity contribution in [1.82, 2.24) is 37.2 Å². The van der Waals surface area contributed by atoms with Crippen LogP contribution in [-0.2, 0) is 28.8 Å². The Balaban J connectivity index is 2.53. The molecule has 2 aliphatic rings. The van der Waals surface area contributed by atoms with Crippen molar-refractivity contribution in [2.45, 2.75) is 74.2 Å². The highest BCUT2D eigenvalue weighted by Crippen LogP contribution is 2.10. The van der Waals surface area contributed by atoms with E-state index in [1.807, 2.05) is 0 Å². The maximum absolute atomic E-state index is 13.6. The summed E-state index contributed by atoms with van der Waals surface area (Å²) in [6, 6.07) is -11.6. The highest BCUT2D eigenvalue weighted by Gasteiger charge is 2.38. The normalized spacial score (nSPS) is 28.5. The molecule has 2 aliphatic heterocycles. The minimum absolute atomic E-state index is 0.246. The third kappa shape index (κ3) is 12.3. The number of aliphatic hydroxyl groups excluding tert-OH is 3. The first-order valence-electron chi connectivity index (χ1n) is 14.8. The Morgan fingerprint density at radius 1 is 0.958 bits per heavy atom. The van der Waals surface area contributed by atoms with E-state index in [2.05, 4.69) is 47.2 Å². The fraction of sp³-hybridized carbons (Fsp3) is 0.640. The number of amides is 8. The van der Waals surface area contributed by atoms with Gasteiger partial charge in [-0.15, -0.1) is 0 Å². The Morgan fingerprint density at radius 2 is 1.58 bits per heavy atom. The zero-order valence-corrected chi connectivity index (χ0v) is 25.8. The monoisotopic (exact) mass is 685 g/mol. The number of hydrogen-bond acceptors (Lipinski definition) is 15. The molecule has 0 spiro atoms. The summed E-state index contributed by atoms with van der Waals surface area (Å²) in [5, 5.41) is 46.0. The van der Waals surface area contributed by atoms with E-state index in [1.165, 1.54) is 0 Å². The number of guanidine groups is 1. The molecule has 1 fully saturated rings. The van der Waals surface area contributed by atoms with Crippen LogP contribution in [-0.4, -0.2) is 144 Å². The van der Waals surface area contributed by atoms with Crippen molar-refractivity contribution in [3.05, 3.63) is 0 Å². The zero-order chi connectivity index (χ0) is 36.0. The molecule has 0 aromatic carbocycles. The summed E-state index contributed by atoms with van der Waals surface area (Å²) in [4.78, 5) is 97.2. The van der Waals surface area contributed by atoms with Gasteiger partial charge in [-0.3, -0.25) is 28.8 Å². The van der Waals surface area contributed by atoms with Crippen LogP contribution in [0.2, 0.25) is 0 Å². The second-order valence-electron chi connectivity index (χ2n) is 10.8. The Hall–Kier alpha value is -4.97. The van der Waals surface area contributed by atoms with E-state index >= 15 is 0 Å². The van der Waals surface area contributed by atoms with Gasteiger partial charge >= 0.3 is 6.03 Å². The fourth-order valence-electron chi connectivity index (χ4n) is 4.54. The molecule has 23 nitrogen and oxygen atoms in total. The smallest absolute Gasteiger partial charge is 0.338 e. The highest BCUT2D eigenvalue weighted by atomic mass is 16.3. The number of aliphatic hydroxyl groups is 3. The molecule has 2 rings (SSSR count). The van der Waals surface area contributed by atoms with Crippen LogP contribution < -0.4 is 60.2 Å². The molecule has 268 valence electrons. The number of nitrogens with two attached hydrogens (primary N) is 4. The van der Waals surface area contributed by atoms with Crippen LogP contribution in [0.25, 0.3) is 0 Å². The molecule has 0 bridgehead atoms. The van der Waals surface area contributed by atoms with E-state index in [9.17, 15) is 48.9 Å². The number of nitrogens with one attached hydrogen (secondary N) is 7. The van der Waals surface area contributed by atoms with Crippen molar-refractivity contribution in [2.75, 3.05) is 26.3 Å². The molecule has 8 amide bonds. The van der Waals surface area contributed by atoms with E-state index in [0.29, 0.717) is 25.6 Å². The average Bonchev–Trinajstić information content (AvgIpc) is 3.02. The number of hydrogen-bond donors (Lipinski definition) is 14. The topological polar surface area (TPSA) is 393 Å². The first-order chi connectivity index (χ1) is 22.7. The number of rotatable bonds is 10. The SMILES string of the molecule is NCCC[C@H](N)CC(=O)NC1CNC(=O)[C@H]([C@H]2C[C@H](O)N=C(N)N2)NC(=O)C(C=NC(N)=O)NC(=O)[C@H](CO)NC(=O)[C@H](CO)NC1=O. The van der Waals surface area contributed by atoms with Crippen molar-refractivity contribution in [1.29, 1.82) is 0 Å². The summed E-state index contributed by atoms with van der Waals surface area (Å²) >= 11 is 0. The summed E-state index contributed by atoms with van der Waals surface area (Å²) in [7, 11) is 0. The Bertz CT molecular complexity index is 1260. The lowest BCUT2D eigenvalue weighted by Crippen LogP contribution is -2.66. The molecule has 2 unspecified atom stereocenters. The van der Waals surface area contributed by atoms with Gasteiger partial charge in [-0.05, 0) is 19.4 Å². The molecule has 1 saturated heterocycles. The number of urea groups is 1. The molecule has 8 atom stereocenters. The van der Waals surface area contributed by atoms with E-state index in [1.54, 1.807) is 0 Å². The predicted molar refractivity (Wildman–Crippen MR) is 165 cm³/mol. The summed E-state index contributed by atoms with van der Waals surface area (Å²) in [6.45, 7) is -2.36. The van der Waals surface area contributed by atoms with Gasteiger partial charge in [0, 0.05) is 31.6 Å². The van der Waals surface area contributed by atoms with E-state index in [4.69, 9.17) is 22.9 Å². The van der Waals surface area contributed by atoms with Gasteiger partial charge in [0.2, 0.25) is 35.4 Å². The van der Waals surface area contributed by atoms with Gasteiger partial charge in [0.1, 0.15) is 30.2 Å². The molecular formula is C25H43N13O10. The first-order valence-corrected chi connectivity index (χ1v) is 14.8. The number of aliphatic imine (C=N–C) groups is 2. The minimum Gasteiger partial charge on any atom is -0.394 e. The van der Waals surface area contributed by atoms with Gasteiger partial charge in [-0.2, -0.15) is 0 Å². The van der Waals surface area contributed by atoms with Crippen LogP contribution in [0.5, 0.6) is 0 Å². The molecular weight excluding hydrogens is 642 g/mol. The molecule has 2 heterocycles. The van der Waals surface area contributed by atoms with Gasteiger partial charge in [0.25, 0.3) is 0 Å². The first kappa shape index (κ1) is 39.2. The Kier molecular flexibility index (Phi) is 15.5. The maximum atomic E-state index is 13.6. The number of carbonyl (C=O) groups excluding carboxylic acids is 7. The second kappa shape index (κ2) is 19.0. The lowest BCUT2D eigenvalue weighted by Gasteiger charge is -2.33. The van der Waals surface area contributed by atoms with Crippen LogP contribution in [0.15, 0.2) is 9.98 Å². The Morgan fingerprint density at radius 3 is 2.17 bits per heavy atom. The molecule has 23 heteroatoms. The van der Waals surface area contributed by atoms with Crippen LogP contribution in [0.3, 0.4) is 0 Å². The number of carbonyl (C=O) groups is 7. The molecule has 48 heavy (non-hydrogen) atoms. The molecule has 0 aliphatic carbocycles. The van der Waals surface area contributed by atoms with Crippen LogP contribution in [0.1, 0.15) is 25.7 Å². The summed E-state index contributed by atoms with van der Waals surface area (Å²) in [5.41, 5.74) is 22.2. The molecule has 0 saturated carbocycles. The number of primary amides is 1. The fourth-order valence-corrected chi connectivity index (χ4v) is 4.54. The minimum atomic E-state index is -1.83. The maximum Gasteiger partial charge on any atom is 0.338 e.